The van der Waals surface area contributed by atoms with E-state index in [1.807, 2.05) is 32.0 Å². The average Bonchev–Trinajstić information content (AvgIpc) is 2.49. The van der Waals surface area contributed by atoms with Gasteiger partial charge in [-0.2, -0.15) is 0 Å². The van der Waals surface area contributed by atoms with E-state index in [0.29, 0.717) is 13.2 Å². The number of para-hydroxylation sites is 1. The van der Waals surface area contributed by atoms with Crippen molar-refractivity contribution in [2.24, 2.45) is 0 Å². The van der Waals surface area contributed by atoms with E-state index < -0.39 is 7.60 Å². The van der Waals surface area contributed by atoms with Crippen LogP contribution in [0.3, 0.4) is 0 Å². The lowest BCUT2D eigenvalue weighted by Crippen LogP contribution is -2.40. The van der Waals surface area contributed by atoms with Crippen LogP contribution in [0.4, 0.5) is 5.69 Å². The van der Waals surface area contributed by atoms with E-state index in [0.717, 1.165) is 31.5 Å². The van der Waals surface area contributed by atoms with Gasteiger partial charge in [0.15, 0.2) is 0 Å². The number of anilines is 1. The zero-order chi connectivity index (χ0) is 14.4. The van der Waals surface area contributed by atoms with Gasteiger partial charge in [0.2, 0.25) is 0 Å². The lowest BCUT2D eigenvalue weighted by molar-refractivity contribution is 0.207. The Balaban J connectivity index is 2.27. The van der Waals surface area contributed by atoms with E-state index in [2.05, 4.69) is 17.0 Å². The van der Waals surface area contributed by atoms with Gasteiger partial charge in [-0.3, -0.25) is 4.57 Å². The number of piperidine rings is 1. The van der Waals surface area contributed by atoms with Crippen LogP contribution in [0.25, 0.3) is 0 Å². The standard InChI is InChI=1S/C15H24NO3P/c1-3-18-20(17,19-4-2)15-12-8-9-13-16(15)14-10-6-5-7-11-14/h5-7,10-11,15H,3-4,8-9,12-13H2,1-2H3. The van der Waals surface area contributed by atoms with Crippen molar-refractivity contribution in [3.05, 3.63) is 30.3 Å². The second-order valence-electron chi connectivity index (χ2n) is 4.88. The first kappa shape index (κ1) is 15.6. The summed E-state index contributed by atoms with van der Waals surface area (Å²) >= 11 is 0. The molecule has 1 atom stereocenters. The molecule has 0 aliphatic carbocycles. The molecule has 0 aromatic heterocycles. The van der Waals surface area contributed by atoms with Crippen molar-refractivity contribution in [1.29, 1.82) is 0 Å². The number of rotatable bonds is 6. The van der Waals surface area contributed by atoms with Crippen LogP contribution in [0, 0.1) is 0 Å². The number of nitrogens with zero attached hydrogens (tertiary/aromatic N) is 1. The molecule has 1 unspecified atom stereocenters. The minimum atomic E-state index is -3.09. The molecule has 0 radical (unpaired) electrons. The van der Waals surface area contributed by atoms with Crippen LogP contribution < -0.4 is 4.90 Å². The SMILES string of the molecule is CCOP(=O)(OCC)C1CCCCN1c1ccccc1. The molecular formula is C15H24NO3P. The molecule has 20 heavy (non-hydrogen) atoms. The summed E-state index contributed by atoms with van der Waals surface area (Å²) in [5.74, 6) is -0.168. The first-order valence-corrected chi connectivity index (χ1v) is 9.03. The summed E-state index contributed by atoms with van der Waals surface area (Å²) in [6.07, 6.45) is 3.04. The van der Waals surface area contributed by atoms with Crippen LogP contribution >= 0.6 is 7.60 Å². The Kier molecular flexibility index (Phi) is 5.64. The van der Waals surface area contributed by atoms with Gasteiger partial charge >= 0.3 is 7.60 Å². The Morgan fingerprint density at radius 2 is 1.80 bits per heavy atom. The van der Waals surface area contributed by atoms with Gasteiger partial charge in [0.05, 0.1) is 13.2 Å². The fourth-order valence-corrected chi connectivity index (χ4v) is 4.96. The second kappa shape index (κ2) is 7.26. The molecular weight excluding hydrogens is 273 g/mol. The molecule has 1 fully saturated rings. The molecule has 1 heterocycles. The normalized spacial score (nSPS) is 20.1. The van der Waals surface area contributed by atoms with E-state index >= 15 is 0 Å². The van der Waals surface area contributed by atoms with Crippen molar-refractivity contribution in [1.82, 2.24) is 0 Å². The van der Waals surface area contributed by atoms with Gasteiger partial charge in [-0.1, -0.05) is 18.2 Å². The zero-order valence-corrected chi connectivity index (χ0v) is 13.2. The van der Waals surface area contributed by atoms with Gasteiger partial charge in [-0.25, -0.2) is 0 Å². The van der Waals surface area contributed by atoms with Crippen molar-refractivity contribution in [2.75, 3.05) is 24.7 Å². The molecule has 1 saturated heterocycles. The predicted octanol–water partition coefficient (Wildman–Crippen LogP) is 4.27. The third-order valence-electron chi connectivity index (χ3n) is 3.54. The maximum absolute atomic E-state index is 13.1. The van der Waals surface area contributed by atoms with Crippen LogP contribution in [0.2, 0.25) is 0 Å². The molecule has 0 amide bonds. The van der Waals surface area contributed by atoms with Crippen molar-refractivity contribution in [3.63, 3.8) is 0 Å². The first-order chi connectivity index (χ1) is 9.71. The summed E-state index contributed by atoms with van der Waals surface area (Å²) in [5, 5.41) is 0. The van der Waals surface area contributed by atoms with Crippen molar-refractivity contribution in [3.8, 4) is 0 Å². The number of hydrogen-bond acceptors (Lipinski definition) is 4. The van der Waals surface area contributed by atoms with E-state index in [4.69, 9.17) is 9.05 Å². The Bertz CT molecular complexity index is 442. The van der Waals surface area contributed by atoms with Crippen LogP contribution in [-0.4, -0.2) is 25.5 Å². The summed E-state index contributed by atoms with van der Waals surface area (Å²) in [6.45, 7) is 5.45. The highest BCUT2D eigenvalue weighted by molar-refractivity contribution is 7.54. The fourth-order valence-electron chi connectivity index (χ4n) is 2.73. The molecule has 4 nitrogen and oxygen atoms in total. The molecule has 0 saturated carbocycles. The van der Waals surface area contributed by atoms with Crippen LogP contribution in [0.5, 0.6) is 0 Å². The molecule has 1 aromatic carbocycles. The largest absolute Gasteiger partial charge is 0.357 e. The second-order valence-corrected chi connectivity index (χ2v) is 7.07. The van der Waals surface area contributed by atoms with Gasteiger partial charge in [-0.05, 0) is 45.2 Å². The Hall–Kier alpha value is -0.830. The zero-order valence-electron chi connectivity index (χ0n) is 12.3. The summed E-state index contributed by atoms with van der Waals surface area (Å²) in [7, 11) is -3.09. The van der Waals surface area contributed by atoms with Crippen molar-refractivity contribution in [2.45, 2.75) is 38.9 Å². The molecule has 0 bridgehead atoms. The van der Waals surface area contributed by atoms with Crippen LogP contribution in [0.1, 0.15) is 33.1 Å². The van der Waals surface area contributed by atoms with Gasteiger partial charge < -0.3 is 13.9 Å². The molecule has 0 spiro atoms. The Morgan fingerprint density at radius 3 is 2.40 bits per heavy atom. The quantitative estimate of drug-likeness (QED) is 0.735. The Morgan fingerprint density at radius 1 is 1.15 bits per heavy atom. The summed E-state index contributed by atoms with van der Waals surface area (Å²) in [5.41, 5.74) is 1.09. The van der Waals surface area contributed by atoms with Crippen molar-refractivity contribution < 1.29 is 13.6 Å². The number of benzene rings is 1. The van der Waals surface area contributed by atoms with Gasteiger partial charge in [0.25, 0.3) is 0 Å². The van der Waals surface area contributed by atoms with Crippen molar-refractivity contribution >= 4 is 13.3 Å². The molecule has 2 rings (SSSR count). The fraction of sp³-hybridized carbons (Fsp3) is 0.600. The third-order valence-corrected chi connectivity index (χ3v) is 6.05. The van der Waals surface area contributed by atoms with Crippen LogP contribution in [-0.2, 0) is 13.6 Å². The minimum Gasteiger partial charge on any atom is -0.357 e. The molecule has 1 aromatic rings. The highest BCUT2D eigenvalue weighted by Gasteiger charge is 2.41. The molecule has 1 aliphatic heterocycles. The monoisotopic (exact) mass is 297 g/mol. The molecule has 0 N–H and O–H groups in total. The topological polar surface area (TPSA) is 38.8 Å². The summed E-state index contributed by atoms with van der Waals surface area (Å²) in [6, 6.07) is 10.1. The maximum Gasteiger partial charge on any atom is 0.352 e. The van der Waals surface area contributed by atoms with E-state index in [-0.39, 0.29) is 5.78 Å². The van der Waals surface area contributed by atoms with Crippen LogP contribution in [0.15, 0.2) is 30.3 Å². The first-order valence-electron chi connectivity index (χ1n) is 7.41. The van der Waals surface area contributed by atoms with Gasteiger partial charge in [-0.15, -0.1) is 0 Å². The van der Waals surface area contributed by atoms with Gasteiger partial charge in [0.1, 0.15) is 5.78 Å². The highest BCUT2D eigenvalue weighted by Crippen LogP contribution is 2.57. The molecule has 5 heteroatoms. The predicted molar refractivity (Wildman–Crippen MR) is 82.3 cm³/mol. The van der Waals surface area contributed by atoms with E-state index in [1.165, 1.54) is 0 Å². The average molecular weight is 297 g/mol. The third kappa shape index (κ3) is 3.43. The number of hydrogen-bond donors (Lipinski definition) is 0. The molecule has 112 valence electrons. The molecule has 1 aliphatic rings. The smallest absolute Gasteiger partial charge is 0.352 e. The van der Waals surface area contributed by atoms with E-state index in [1.54, 1.807) is 0 Å². The summed E-state index contributed by atoms with van der Waals surface area (Å²) in [4.78, 5) is 2.19. The lowest BCUT2D eigenvalue weighted by atomic mass is 10.1. The minimum absolute atomic E-state index is 0.168. The lowest BCUT2D eigenvalue weighted by Gasteiger charge is -2.40. The van der Waals surface area contributed by atoms with Gasteiger partial charge in [0, 0.05) is 12.2 Å². The maximum atomic E-state index is 13.1. The highest BCUT2D eigenvalue weighted by atomic mass is 31.2. The summed E-state index contributed by atoms with van der Waals surface area (Å²) < 4.78 is 24.2. The van der Waals surface area contributed by atoms with E-state index in [9.17, 15) is 4.57 Å². The Labute approximate surface area is 121 Å².